The molecule has 1 amide bonds. The van der Waals surface area contributed by atoms with Gasteiger partial charge in [0, 0.05) is 33.2 Å². The lowest BCUT2D eigenvalue weighted by Gasteiger charge is -2.11. The van der Waals surface area contributed by atoms with Crippen LogP contribution in [0, 0.1) is 0 Å². The monoisotopic (exact) mass is 188 g/mol. The first-order chi connectivity index (χ1) is 6.20. The molecule has 4 nitrogen and oxygen atoms in total. The van der Waals surface area contributed by atoms with Crippen molar-refractivity contribution in [2.45, 2.75) is 26.4 Å². The number of hydrogen-bond acceptors (Lipinski definition) is 3. The molecule has 0 aliphatic carbocycles. The molecule has 0 bridgehead atoms. The molecule has 0 saturated carbocycles. The van der Waals surface area contributed by atoms with Crippen LogP contribution in [0.1, 0.15) is 20.3 Å². The van der Waals surface area contributed by atoms with Crippen molar-refractivity contribution < 1.29 is 9.53 Å². The summed E-state index contributed by atoms with van der Waals surface area (Å²) in [7, 11) is 1.64. The van der Waals surface area contributed by atoms with Crippen LogP contribution < -0.4 is 10.6 Å². The third-order valence-corrected chi connectivity index (χ3v) is 1.69. The molecule has 0 radical (unpaired) electrons. The molecule has 1 unspecified atom stereocenters. The number of hydrogen-bond donors (Lipinski definition) is 2. The zero-order valence-electron chi connectivity index (χ0n) is 8.72. The zero-order valence-corrected chi connectivity index (χ0v) is 8.72. The van der Waals surface area contributed by atoms with Crippen LogP contribution in [-0.4, -0.2) is 38.8 Å². The minimum absolute atomic E-state index is 0.0663. The van der Waals surface area contributed by atoms with Crippen molar-refractivity contribution in [3.63, 3.8) is 0 Å². The smallest absolute Gasteiger partial charge is 0.221 e. The molecule has 78 valence electrons. The van der Waals surface area contributed by atoms with Crippen molar-refractivity contribution in [3.8, 4) is 0 Å². The van der Waals surface area contributed by atoms with Gasteiger partial charge in [0.25, 0.3) is 0 Å². The first-order valence-electron chi connectivity index (χ1n) is 4.73. The summed E-state index contributed by atoms with van der Waals surface area (Å²) in [6.45, 7) is 6.22. The Morgan fingerprint density at radius 3 is 2.77 bits per heavy atom. The highest BCUT2D eigenvalue weighted by Gasteiger charge is 2.00. The molecule has 0 aliphatic rings. The van der Waals surface area contributed by atoms with E-state index in [-0.39, 0.29) is 12.0 Å². The molecule has 0 aliphatic heterocycles. The minimum Gasteiger partial charge on any atom is -0.377 e. The number of carbonyl (C=O) groups excluding carboxylic acids is 1. The van der Waals surface area contributed by atoms with Crippen LogP contribution in [0.3, 0.4) is 0 Å². The fraction of sp³-hybridized carbons (Fsp3) is 0.889. The van der Waals surface area contributed by atoms with Gasteiger partial charge < -0.3 is 15.4 Å². The Hall–Kier alpha value is -0.610. The number of carbonyl (C=O) groups is 1. The molecule has 0 fully saturated rings. The standard InChI is InChI=1S/C9H20N2O2/c1-4-13-8(2)7-11-6-5-9(12)10-3/h8,11H,4-7H2,1-3H3,(H,10,12). The van der Waals surface area contributed by atoms with Gasteiger partial charge in [-0.1, -0.05) is 0 Å². The first kappa shape index (κ1) is 12.4. The summed E-state index contributed by atoms with van der Waals surface area (Å²) in [5, 5.41) is 5.72. The Balaban J connectivity index is 3.20. The highest BCUT2D eigenvalue weighted by molar-refractivity contribution is 5.75. The second-order valence-electron chi connectivity index (χ2n) is 2.89. The summed E-state index contributed by atoms with van der Waals surface area (Å²) in [6.07, 6.45) is 0.740. The van der Waals surface area contributed by atoms with Gasteiger partial charge in [0.2, 0.25) is 5.91 Å². The van der Waals surface area contributed by atoms with Crippen LogP contribution >= 0.6 is 0 Å². The van der Waals surface area contributed by atoms with Gasteiger partial charge in [-0.25, -0.2) is 0 Å². The van der Waals surface area contributed by atoms with Crippen LogP contribution in [-0.2, 0) is 9.53 Å². The van der Waals surface area contributed by atoms with E-state index in [0.29, 0.717) is 13.0 Å². The van der Waals surface area contributed by atoms with Crippen molar-refractivity contribution in [1.29, 1.82) is 0 Å². The van der Waals surface area contributed by atoms with E-state index in [4.69, 9.17) is 4.74 Å². The minimum atomic E-state index is 0.0663. The van der Waals surface area contributed by atoms with Crippen LogP contribution in [0.2, 0.25) is 0 Å². The molecular weight excluding hydrogens is 168 g/mol. The van der Waals surface area contributed by atoms with E-state index >= 15 is 0 Å². The zero-order chi connectivity index (χ0) is 10.1. The predicted octanol–water partition coefficient (Wildman–Crippen LogP) is 0.137. The van der Waals surface area contributed by atoms with Crippen molar-refractivity contribution in [2.75, 3.05) is 26.7 Å². The summed E-state index contributed by atoms with van der Waals surface area (Å²) in [5.41, 5.74) is 0. The molecule has 0 spiro atoms. The highest BCUT2D eigenvalue weighted by Crippen LogP contribution is 1.87. The lowest BCUT2D eigenvalue weighted by Crippen LogP contribution is -2.30. The van der Waals surface area contributed by atoms with Crippen molar-refractivity contribution >= 4 is 5.91 Å². The average Bonchev–Trinajstić information content (AvgIpc) is 2.12. The quantitative estimate of drug-likeness (QED) is 0.559. The van der Waals surface area contributed by atoms with E-state index in [1.54, 1.807) is 7.05 Å². The molecule has 0 aromatic carbocycles. The molecule has 0 aromatic rings. The van der Waals surface area contributed by atoms with Crippen LogP contribution in [0.15, 0.2) is 0 Å². The molecule has 1 atom stereocenters. The lowest BCUT2D eigenvalue weighted by atomic mass is 10.3. The molecule has 13 heavy (non-hydrogen) atoms. The van der Waals surface area contributed by atoms with E-state index in [1.807, 2.05) is 13.8 Å². The van der Waals surface area contributed by atoms with Gasteiger partial charge in [-0.15, -0.1) is 0 Å². The van der Waals surface area contributed by atoms with E-state index in [1.165, 1.54) is 0 Å². The van der Waals surface area contributed by atoms with Gasteiger partial charge in [-0.2, -0.15) is 0 Å². The third kappa shape index (κ3) is 7.74. The number of amides is 1. The fourth-order valence-electron chi connectivity index (χ4n) is 0.976. The van der Waals surface area contributed by atoms with Gasteiger partial charge in [0.1, 0.15) is 0 Å². The van der Waals surface area contributed by atoms with Crippen molar-refractivity contribution in [1.82, 2.24) is 10.6 Å². The van der Waals surface area contributed by atoms with Crippen molar-refractivity contribution in [2.24, 2.45) is 0 Å². The molecule has 0 heterocycles. The topological polar surface area (TPSA) is 50.4 Å². The lowest BCUT2D eigenvalue weighted by molar-refractivity contribution is -0.120. The van der Waals surface area contributed by atoms with Crippen LogP contribution in [0.5, 0.6) is 0 Å². The SMILES string of the molecule is CCOC(C)CNCCC(=O)NC. The van der Waals surface area contributed by atoms with Gasteiger partial charge in [-0.05, 0) is 13.8 Å². The van der Waals surface area contributed by atoms with E-state index in [9.17, 15) is 4.79 Å². The van der Waals surface area contributed by atoms with E-state index < -0.39 is 0 Å². The molecule has 0 rings (SSSR count). The summed E-state index contributed by atoms with van der Waals surface area (Å²) in [4.78, 5) is 10.8. The Kier molecular flexibility index (Phi) is 7.63. The molecule has 4 heteroatoms. The van der Waals surface area contributed by atoms with Crippen LogP contribution in [0.25, 0.3) is 0 Å². The van der Waals surface area contributed by atoms with Gasteiger partial charge >= 0.3 is 0 Å². The summed E-state index contributed by atoms with van der Waals surface area (Å²) in [6, 6.07) is 0. The number of nitrogens with one attached hydrogen (secondary N) is 2. The van der Waals surface area contributed by atoms with Crippen molar-refractivity contribution in [3.05, 3.63) is 0 Å². The summed E-state index contributed by atoms with van der Waals surface area (Å²) < 4.78 is 5.31. The van der Waals surface area contributed by atoms with Gasteiger partial charge in [-0.3, -0.25) is 4.79 Å². The Bertz CT molecular complexity index is 140. The Labute approximate surface area is 80.0 Å². The van der Waals surface area contributed by atoms with Gasteiger partial charge in [0.15, 0.2) is 0 Å². The average molecular weight is 188 g/mol. The fourth-order valence-corrected chi connectivity index (χ4v) is 0.976. The maximum absolute atomic E-state index is 10.8. The molecular formula is C9H20N2O2. The normalized spacial score (nSPS) is 12.5. The van der Waals surface area contributed by atoms with Crippen LogP contribution in [0.4, 0.5) is 0 Å². The second-order valence-corrected chi connectivity index (χ2v) is 2.89. The summed E-state index contributed by atoms with van der Waals surface area (Å²) >= 11 is 0. The second kappa shape index (κ2) is 8.01. The van der Waals surface area contributed by atoms with E-state index in [2.05, 4.69) is 10.6 Å². The number of rotatable bonds is 7. The predicted molar refractivity (Wildman–Crippen MR) is 52.6 cm³/mol. The van der Waals surface area contributed by atoms with Gasteiger partial charge in [0.05, 0.1) is 6.10 Å². The number of ether oxygens (including phenoxy) is 1. The van der Waals surface area contributed by atoms with E-state index in [0.717, 1.165) is 13.2 Å². The highest BCUT2D eigenvalue weighted by atomic mass is 16.5. The molecule has 2 N–H and O–H groups in total. The molecule has 0 aromatic heterocycles. The largest absolute Gasteiger partial charge is 0.377 e. The molecule has 0 saturated heterocycles. The first-order valence-corrected chi connectivity index (χ1v) is 4.73. The third-order valence-electron chi connectivity index (χ3n) is 1.69. The maximum atomic E-state index is 10.8. The Morgan fingerprint density at radius 1 is 1.54 bits per heavy atom. The Morgan fingerprint density at radius 2 is 2.23 bits per heavy atom. The summed E-state index contributed by atoms with van der Waals surface area (Å²) in [5.74, 6) is 0.0663. The maximum Gasteiger partial charge on any atom is 0.221 e.